The van der Waals surface area contributed by atoms with E-state index in [1.807, 2.05) is 31.2 Å². The molecule has 0 amide bonds. The van der Waals surface area contributed by atoms with Crippen LogP contribution < -0.4 is 14.4 Å². The number of aromatic nitrogens is 2. The summed E-state index contributed by atoms with van der Waals surface area (Å²) in [4.78, 5) is 8.97. The number of hydrogen-bond donors (Lipinski definition) is 0. The molecule has 0 aliphatic carbocycles. The van der Waals surface area contributed by atoms with Gasteiger partial charge in [-0.05, 0) is 43.5 Å². The molecule has 1 atom stereocenters. The van der Waals surface area contributed by atoms with Crippen LogP contribution >= 0.6 is 11.6 Å². The molecule has 9 heteroatoms. The Hall–Kier alpha value is -2.22. The standard InChI is InChI=1S/C18H19ClF3N3O2/c1-2-26-13-7-3-4-8-14(13)27-12-6-5-9-25(11-12)16-10-15(18(20,21)22)23-17(19)24-16/h3-4,7-8,10,12H,2,5-6,9,11H2,1H3. The van der Waals surface area contributed by atoms with Gasteiger partial charge in [0.15, 0.2) is 17.2 Å². The third-order valence-corrected chi connectivity index (χ3v) is 4.29. The van der Waals surface area contributed by atoms with Gasteiger partial charge in [0.05, 0.1) is 13.2 Å². The normalized spacial score (nSPS) is 17.7. The maximum absolute atomic E-state index is 13.0. The number of para-hydroxylation sites is 2. The van der Waals surface area contributed by atoms with E-state index in [1.165, 1.54) is 0 Å². The molecule has 1 aliphatic heterocycles. The molecular formula is C18H19ClF3N3O2. The smallest absolute Gasteiger partial charge is 0.433 e. The van der Waals surface area contributed by atoms with Gasteiger partial charge in [0.2, 0.25) is 5.28 Å². The Kier molecular flexibility index (Phi) is 5.94. The Labute approximate surface area is 160 Å². The van der Waals surface area contributed by atoms with E-state index in [4.69, 9.17) is 21.1 Å². The molecular weight excluding hydrogens is 383 g/mol. The van der Waals surface area contributed by atoms with Crippen LogP contribution in [-0.4, -0.2) is 35.8 Å². The molecule has 1 fully saturated rings. The van der Waals surface area contributed by atoms with Crippen LogP contribution in [0, 0.1) is 0 Å². The molecule has 2 heterocycles. The third-order valence-electron chi connectivity index (χ3n) is 4.12. The summed E-state index contributed by atoms with van der Waals surface area (Å²) in [6.07, 6.45) is -3.25. The maximum Gasteiger partial charge on any atom is 0.433 e. The van der Waals surface area contributed by atoms with Crippen molar-refractivity contribution in [2.75, 3.05) is 24.6 Å². The predicted molar refractivity (Wildman–Crippen MR) is 95.5 cm³/mol. The number of anilines is 1. The Morgan fingerprint density at radius 1 is 1.22 bits per heavy atom. The highest BCUT2D eigenvalue weighted by atomic mass is 35.5. The summed E-state index contributed by atoms with van der Waals surface area (Å²) in [5, 5.41) is -0.426. The molecule has 0 spiro atoms. The van der Waals surface area contributed by atoms with Crippen molar-refractivity contribution in [3.63, 3.8) is 0 Å². The topological polar surface area (TPSA) is 47.5 Å². The first-order chi connectivity index (χ1) is 12.9. The van der Waals surface area contributed by atoms with Gasteiger partial charge in [-0.1, -0.05) is 12.1 Å². The van der Waals surface area contributed by atoms with Crippen molar-refractivity contribution in [2.24, 2.45) is 0 Å². The van der Waals surface area contributed by atoms with Crippen LogP contribution in [0.3, 0.4) is 0 Å². The van der Waals surface area contributed by atoms with E-state index in [-0.39, 0.29) is 11.9 Å². The van der Waals surface area contributed by atoms with Crippen LogP contribution in [0.5, 0.6) is 11.5 Å². The lowest BCUT2D eigenvalue weighted by molar-refractivity contribution is -0.141. The Morgan fingerprint density at radius 2 is 1.96 bits per heavy atom. The minimum atomic E-state index is -4.58. The van der Waals surface area contributed by atoms with Crippen molar-refractivity contribution in [2.45, 2.75) is 32.0 Å². The maximum atomic E-state index is 13.0. The lowest BCUT2D eigenvalue weighted by Gasteiger charge is -2.34. The molecule has 0 saturated carbocycles. The monoisotopic (exact) mass is 401 g/mol. The van der Waals surface area contributed by atoms with Gasteiger partial charge in [0.25, 0.3) is 0 Å². The lowest BCUT2D eigenvalue weighted by Crippen LogP contribution is -2.41. The van der Waals surface area contributed by atoms with Crippen molar-refractivity contribution in [3.8, 4) is 11.5 Å². The molecule has 1 saturated heterocycles. The Balaban J connectivity index is 1.76. The first-order valence-electron chi connectivity index (χ1n) is 8.62. The summed E-state index contributed by atoms with van der Waals surface area (Å²) < 4.78 is 50.6. The van der Waals surface area contributed by atoms with E-state index in [9.17, 15) is 13.2 Å². The van der Waals surface area contributed by atoms with Crippen LogP contribution in [0.15, 0.2) is 30.3 Å². The van der Waals surface area contributed by atoms with E-state index in [0.29, 0.717) is 31.2 Å². The first kappa shape index (κ1) is 19.5. The van der Waals surface area contributed by atoms with Gasteiger partial charge in [-0.3, -0.25) is 0 Å². The minimum absolute atomic E-state index is 0.147. The molecule has 1 aliphatic rings. The molecule has 5 nitrogen and oxygen atoms in total. The zero-order valence-electron chi connectivity index (χ0n) is 14.7. The number of benzene rings is 1. The zero-order chi connectivity index (χ0) is 19.4. The van der Waals surface area contributed by atoms with E-state index in [1.54, 1.807) is 4.90 Å². The fourth-order valence-corrected chi connectivity index (χ4v) is 3.13. The number of alkyl halides is 3. The van der Waals surface area contributed by atoms with Gasteiger partial charge in [0.1, 0.15) is 11.9 Å². The molecule has 0 bridgehead atoms. The van der Waals surface area contributed by atoms with Crippen LogP contribution in [0.25, 0.3) is 0 Å². The second-order valence-corrected chi connectivity index (χ2v) is 6.42. The predicted octanol–water partition coefficient (Wildman–Crippen LogP) is 4.60. The van der Waals surface area contributed by atoms with Gasteiger partial charge in [0, 0.05) is 12.6 Å². The van der Waals surface area contributed by atoms with E-state index in [2.05, 4.69) is 9.97 Å². The number of piperidine rings is 1. The second kappa shape index (κ2) is 8.21. The van der Waals surface area contributed by atoms with Crippen LogP contribution in [-0.2, 0) is 6.18 Å². The molecule has 1 unspecified atom stereocenters. The van der Waals surface area contributed by atoms with Crippen molar-refractivity contribution >= 4 is 17.4 Å². The number of rotatable bonds is 5. The number of hydrogen-bond acceptors (Lipinski definition) is 5. The van der Waals surface area contributed by atoms with Crippen LogP contribution in [0.2, 0.25) is 5.28 Å². The van der Waals surface area contributed by atoms with Crippen molar-refractivity contribution in [1.82, 2.24) is 9.97 Å². The van der Waals surface area contributed by atoms with E-state index >= 15 is 0 Å². The average Bonchev–Trinajstić information content (AvgIpc) is 2.63. The van der Waals surface area contributed by atoms with Crippen molar-refractivity contribution in [3.05, 3.63) is 41.3 Å². The average molecular weight is 402 g/mol. The molecule has 3 rings (SSSR count). The van der Waals surface area contributed by atoms with Crippen LogP contribution in [0.4, 0.5) is 19.0 Å². The summed E-state index contributed by atoms with van der Waals surface area (Å²) in [5.41, 5.74) is -1.05. The van der Waals surface area contributed by atoms with Crippen LogP contribution in [0.1, 0.15) is 25.5 Å². The third kappa shape index (κ3) is 4.94. The fraction of sp³-hybridized carbons (Fsp3) is 0.444. The summed E-state index contributed by atoms with van der Waals surface area (Å²) in [5.74, 6) is 1.40. The molecule has 1 aromatic carbocycles. The van der Waals surface area contributed by atoms with Gasteiger partial charge >= 0.3 is 6.18 Å². The summed E-state index contributed by atoms with van der Waals surface area (Å²) in [6.45, 7) is 3.36. The van der Waals surface area contributed by atoms with E-state index < -0.39 is 17.2 Å². The van der Waals surface area contributed by atoms with Gasteiger partial charge < -0.3 is 14.4 Å². The highest BCUT2D eigenvalue weighted by Crippen LogP contribution is 2.32. The number of nitrogens with zero attached hydrogens (tertiary/aromatic N) is 3. The highest BCUT2D eigenvalue weighted by Gasteiger charge is 2.34. The summed E-state index contributed by atoms with van der Waals surface area (Å²) in [7, 11) is 0. The summed E-state index contributed by atoms with van der Waals surface area (Å²) >= 11 is 5.70. The molecule has 2 aromatic rings. The second-order valence-electron chi connectivity index (χ2n) is 6.09. The number of ether oxygens (including phenoxy) is 2. The van der Waals surface area contributed by atoms with Gasteiger partial charge in [-0.15, -0.1) is 0 Å². The zero-order valence-corrected chi connectivity index (χ0v) is 15.4. The Morgan fingerprint density at radius 3 is 2.67 bits per heavy atom. The lowest BCUT2D eigenvalue weighted by atomic mass is 10.1. The highest BCUT2D eigenvalue weighted by molar-refractivity contribution is 6.28. The molecule has 27 heavy (non-hydrogen) atoms. The molecule has 146 valence electrons. The molecule has 0 N–H and O–H groups in total. The first-order valence-corrected chi connectivity index (χ1v) is 9.00. The molecule has 0 radical (unpaired) electrons. The minimum Gasteiger partial charge on any atom is -0.490 e. The van der Waals surface area contributed by atoms with Gasteiger partial charge in [-0.25, -0.2) is 9.97 Å². The van der Waals surface area contributed by atoms with Crippen molar-refractivity contribution < 1.29 is 22.6 Å². The molecule has 1 aromatic heterocycles. The summed E-state index contributed by atoms with van der Waals surface area (Å²) in [6, 6.07) is 8.25. The SMILES string of the molecule is CCOc1ccccc1OC1CCCN(c2cc(C(F)(F)F)nc(Cl)n2)C1. The number of halogens is 4. The quantitative estimate of drug-likeness (QED) is 0.685. The fourth-order valence-electron chi connectivity index (χ4n) is 2.96. The van der Waals surface area contributed by atoms with E-state index in [0.717, 1.165) is 18.9 Å². The van der Waals surface area contributed by atoms with Crippen molar-refractivity contribution in [1.29, 1.82) is 0 Å². The Bertz CT molecular complexity index is 789. The largest absolute Gasteiger partial charge is 0.490 e. The van der Waals surface area contributed by atoms with Gasteiger partial charge in [-0.2, -0.15) is 13.2 Å².